The summed E-state index contributed by atoms with van der Waals surface area (Å²) in [5.41, 5.74) is 4.26. The highest BCUT2D eigenvalue weighted by atomic mass is 32.1. The number of anilines is 1. The van der Waals surface area contributed by atoms with Gasteiger partial charge in [-0.3, -0.25) is 0 Å². The molecule has 0 amide bonds. The van der Waals surface area contributed by atoms with Crippen LogP contribution in [0.5, 0.6) is 11.5 Å². The Morgan fingerprint density at radius 2 is 1.75 bits per heavy atom. The van der Waals surface area contributed by atoms with Crippen LogP contribution in [0.15, 0.2) is 42.6 Å². The van der Waals surface area contributed by atoms with Crippen molar-refractivity contribution in [2.45, 2.75) is 6.54 Å². The number of ether oxygens (including phenoxy) is 2. The molecule has 2 aromatic heterocycles. The first kappa shape index (κ1) is 18.1. The Hall–Kier alpha value is -3.33. The first-order valence-corrected chi connectivity index (χ1v) is 9.26. The summed E-state index contributed by atoms with van der Waals surface area (Å²) in [6, 6.07) is 11.6. The standard InChI is InChI=1S/C19H18N6O2S/c1-25(11-12-7-8-13-14(9-12)24-28-23-13)19-21-15(10-20-22-19)18-16(26-2)5-4-6-17(18)27-3/h4-10H,11H2,1-3H3. The fraction of sp³-hybridized carbons (Fsp3) is 0.211. The second kappa shape index (κ2) is 7.73. The van der Waals surface area contributed by atoms with Gasteiger partial charge in [-0.25, -0.2) is 4.98 Å². The molecule has 142 valence electrons. The Bertz CT molecular complexity index is 1090. The van der Waals surface area contributed by atoms with Crippen LogP contribution in [0.25, 0.3) is 22.3 Å². The zero-order valence-corrected chi connectivity index (χ0v) is 16.5. The third-order valence-electron chi connectivity index (χ3n) is 4.31. The number of methoxy groups -OCH3 is 2. The summed E-state index contributed by atoms with van der Waals surface area (Å²) in [7, 11) is 5.15. The van der Waals surface area contributed by atoms with Crippen LogP contribution in [-0.2, 0) is 6.54 Å². The minimum atomic E-state index is 0.502. The van der Waals surface area contributed by atoms with E-state index in [1.165, 1.54) is 11.7 Å². The highest BCUT2D eigenvalue weighted by molar-refractivity contribution is 7.00. The second-order valence-corrected chi connectivity index (χ2v) is 6.65. The molecule has 0 radical (unpaired) electrons. The monoisotopic (exact) mass is 394 g/mol. The molecule has 0 bridgehead atoms. The van der Waals surface area contributed by atoms with Gasteiger partial charge in [0.15, 0.2) is 0 Å². The zero-order chi connectivity index (χ0) is 19.5. The quantitative estimate of drug-likeness (QED) is 0.493. The van der Waals surface area contributed by atoms with Gasteiger partial charge in [0.1, 0.15) is 28.2 Å². The molecule has 2 aromatic carbocycles. The van der Waals surface area contributed by atoms with Gasteiger partial charge in [0.05, 0.1) is 37.7 Å². The summed E-state index contributed by atoms with van der Waals surface area (Å²) in [6.45, 7) is 0.613. The molecule has 0 aliphatic carbocycles. The van der Waals surface area contributed by atoms with E-state index in [-0.39, 0.29) is 0 Å². The van der Waals surface area contributed by atoms with Gasteiger partial charge in [-0.15, -0.1) is 5.10 Å². The predicted octanol–water partition coefficient (Wildman–Crippen LogP) is 3.20. The van der Waals surface area contributed by atoms with Crippen molar-refractivity contribution >= 4 is 28.7 Å². The predicted molar refractivity (Wildman–Crippen MR) is 108 cm³/mol. The van der Waals surface area contributed by atoms with Gasteiger partial charge in [0, 0.05) is 13.6 Å². The third-order valence-corrected chi connectivity index (χ3v) is 4.87. The van der Waals surface area contributed by atoms with Crippen molar-refractivity contribution in [1.29, 1.82) is 0 Å². The Morgan fingerprint density at radius 1 is 1.00 bits per heavy atom. The highest BCUT2D eigenvalue weighted by Crippen LogP contribution is 2.37. The van der Waals surface area contributed by atoms with Crippen molar-refractivity contribution < 1.29 is 9.47 Å². The summed E-state index contributed by atoms with van der Waals surface area (Å²) >= 11 is 1.21. The average Bonchev–Trinajstić information content (AvgIpc) is 3.21. The van der Waals surface area contributed by atoms with Crippen LogP contribution in [0.3, 0.4) is 0 Å². The lowest BCUT2D eigenvalue weighted by atomic mass is 10.1. The maximum atomic E-state index is 5.48. The minimum Gasteiger partial charge on any atom is -0.496 e. The molecule has 0 saturated carbocycles. The molecule has 0 aliphatic heterocycles. The number of hydrogen-bond acceptors (Lipinski definition) is 9. The normalized spacial score (nSPS) is 10.8. The van der Waals surface area contributed by atoms with Crippen molar-refractivity contribution in [1.82, 2.24) is 23.9 Å². The van der Waals surface area contributed by atoms with Gasteiger partial charge in [-0.2, -0.15) is 13.8 Å². The summed E-state index contributed by atoms with van der Waals surface area (Å²) in [5, 5.41) is 8.31. The highest BCUT2D eigenvalue weighted by Gasteiger charge is 2.16. The lowest BCUT2D eigenvalue weighted by Gasteiger charge is -2.18. The molecule has 8 nitrogen and oxygen atoms in total. The van der Waals surface area contributed by atoms with Crippen molar-refractivity contribution in [2.75, 3.05) is 26.2 Å². The van der Waals surface area contributed by atoms with Crippen molar-refractivity contribution in [3.63, 3.8) is 0 Å². The first-order chi connectivity index (χ1) is 13.7. The number of benzene rings is 2. The Labute approximate surface area is 166 Å². The van der Waals surface area contributed by atoms with Gasteiger partial charge < -0.3 is 14.4 Å². The van der Waals surface area contributed by atoms with Gasteiger partial charge in [0.25, 0.3) is 0 Å². The molecule has 2 heterocycles. The van der Waals surface area contributed by atoms with E-state index < -0.39 is 0 Å². The van der Waals surface area contributed by atoms with Gasteiger partial charge in [-0.05, 0) is 29.8 Å². The van der Waals surface area contributed by atoms with Crippen molar-refractivity contribution in [3.05, 3.63) is 48.2 Å². The van der Waals surface area contributed by atoms with E-state index in [1.54, 1.807) is 20.4 Å². The molecular formula is C19H18N6O2S. The maximum absolute atomic E-state index is 5.48. The fourth-order valence-corrected chi connectivity index (χ4v) is 3.47. The van der Waals surface area contributed by atoms with Gasteiger partial charge in [0.2, 0.25) is 5.95 Å². The van der Waals surface area contributed by atoms with E-state index in [9.17, 15) is 0 Å². The minimum absolute atomic E-state index is 0.502. The van der Waals surface area contributed by atoms with Gasteiger partial charge >= 0.3 is 0 Å². The lowest BCUT2D eigenvalue weighted by molar-refractivity contribution is 0.397. The molecule has 0 aliphatic rings. The van der Waals surface area contributed by atoms with Crippen LogP contribution in [0.1, 0.15) is 5.56 Å². The molecule has 28 heavy (non-hydrogen) atoms. The zero-order valence-electron chi connectivity index (χ0n) is 15.7. The van der Waals surface area contributed by atoms with E-state index in [2.05, 4.69) is 23.9 Å². The average molecular weight is 394 g/mol. The van der Waals surface area contributed by atoms with Crippen LogP contribution in [0.2, 0.25) is 0 Å². The van der Waals surface area contributed by atoms with E-state index in [0.29, 0.717) is 29.7 Å². The molecule has 0 saturated heterocycles. The van der Waals surface area contributed by atoms with E-state index >= 15 is 0 Å². The van der Waals surface area contributed by atoms with Crippen molar-refractivity contribution in [3.8, 4) is 22.8 Å². The second-order valence-electron chi connectivity index (χ2n) is 6.12. The fourth-order valence-electron chi connectivity index (χ4n) is 2.95. The molecule has 4 aromatic rings. The number of hydrogen-bond donors (Lipinski definition) is 0. The molecule has 0 N–H and O–H groups in total. The van der Waals surface area contributed by atoms with E-state index in [1.807, 2.05) is 48.3 Å². The maximum Gasteiger partial charge on any atom is 0.245 e. The Balaban J connectivity index is 1.65. The van der Waals surface area contributed by atoms with E-state index in [0.717, 1.165) is 22.2 Å². The van der Waals surface area contributed by atoms with Crippen LogP contribution < -0.4 is 14.4 Å². The smallest absolute Gasteiger partial charge is 0.245 e. The Morgan fingerprint density at radius 3 is 2.50 bits per heavy atom. The topological polar surface area (TPSA) is 86.2 Å². The lowest BCUT2D eigenvalue weighted by Crippen LogP contribution is -2.19. The molecule has 9 heteroatoms. The molecule has 0 spiro atoms. The molecule has 0 atom stereocenters. The van der Waals surface area contributed by atoms with Crippen LogP contribution in [0.4, 0.5) is 5.95 Å². The first-order valence-electron chi connectivity index (χ1n) is 8.53. The number of aromatic nitrogens is 5. The number of rotatable bonds is 6. The molecule has 0 fully saturated rings. The van der Waals surface area contributed by atoms with Crippen molar-refractivity contribution in [2.24, 2.45) is 0 Å². The molecular weight excluding hydrogens is 376 g/mol. The number of nitrogens with zero attached hydrogens (tertiary/aromatic N) is 6. The Kier molecular flexibility index (Phi) is 4.98. The summed E-state index contributed by atoms with van der Waals surface area (Å²) < 4.78 is 19.5. The van der Waals surface area contributed by atoms with Gasteiger partial charge in [-0.1, -0.05) is 12.1 Å². The van der Waals surface area contributed by atoms with Crippen LogP contribution in [0, 0.1) is 0 Å². The van der Waals surface area contributed by atoms with Crippen LogP contribution >= 0.6 is 11.7 Å². The summed E-state index contributed by atoms with van der Waals surface area (Å²) in [6.07, 6.45) is 1.60. The largest absolute Gasteiger partial charge is 0.496 e. The summed E-state index contributed by atoms with van der Waals surface area (Å²) in [5.74, 6) is 1.83. The van der Waals surface area contributed by atoms with Crippen LogP contribution in [-0.4, -0.2) is 45.2 Å². The third kappa shape index (κ3) is 3.44. The molecule has 4 rings (SSSR count). The SMILES string of the molecule is COc1cccc(OC)c1-c1cnnc(N(C)Cc2ccc3nsnc3c2)n1. The number of fused-ring (bicyclic) bond motifs is 1. The summed E-state index contributed by atoms with van der Waals surface area (Å²) in [4.78, 5) is 6.60. The van der Waals surface area contributed by atoms with E-state index in [4.69, 9.17) is 9.47 Å². The molecule has 0 unspecified atom stereocenters.